The molecule has 82 valence electrons. The molecular weight excluding hydrogens is 198 g/mol. The summed E-state index contributed by atoms with van der Waals surface area (Å²) in [6.07, 6.45) is 3.63. The number of hydrogen-bond acceptors (Lipinski definition) is 3. The van der Waals surface area contributed by atoms with Gasteiger partial charge in [0.1, 0.15) is 0 Å². The summed E-state index contributed by atoms with van der Waals surface area (Å²) < 4.78 is 4.92. The quantitative estimate of drug-likeness (QED) is 0.652. The third-order valence-electron chi connectivity index (χ3n) is 2.37. The lowest BCUT2D eigenvalue weighted by Gasteiger charge is -2.26. The first-order valence-corrected chi connectivity index (χ1v) is 6.34. The van der Waals surface area contributed by atoms with E-state index in [0.29, 0.717) is 11.7 Å². The third kappa shape index (κ3) is 4.33. The van der Waals surface area contributed by atoms with Crippen LogP contribution in [-0.4, -0.2) is 49.1 Å². The molecule has 1 heterocycles. The highest BCUT2D eigenvalue weighted by atomic mass is 32.2. The van der Waals surface area contributed by atoms with Crippen molar-refractivity contribution in [1.29, 1.82) is 0 Å². The summed E-state index contributed by atoms with van der Waals surface area (Å²) in [5.41, 5.74) is 0. The minimum Gasteiger partial charge on any atom is -0.384 e. The normalized spacial score (nSPS) is 17.1. The predicted octanol–water partition coefficient (Wildman–Crippen LogP) is 1.38. The van der Waals surface area contributed by atoms with E-state index < -0.39 is 0 Å². The van der Waals surface area contributed by atoms with Crippen LogP contribution in [0.4, 0.5) is 0 Å². The van der Waals surface area contributed by atoms with Crippen LogP contribution >= 0.6 is 11.8 Å². The molecule has 14 heavy (non-hydrogen) atoms. The second-order valence-electron chi connectivity index (χ2n) is 3.49. The summed E-state index contributed by atoms with van der Waals surface area (Å²) in [5, 5.41) is 0. The Bertz CT molecular complexity index is 170. The Morgan fingerprint density at radius 2 is 2.07 bits per heavy atom. The lowest BCUT2D eigenvalue weighted by atomic mass is 10.1. The van der Waals surface area contributed by atoms with Crippen LogP contribution < -0.4 is 0 Å². The zero-order valence-corrected chi connectivity index (χ0v) is 9.65. The van der Waals surface area contributed by atoms with Crippen molar-refractivity contribution in [2.75, 3.05) is 38.3 Å². The molecule has 0 aromatic carbocycles. The third-order valence-corrected chi connectivity index (χ3v) is 3.27. The van der Waals surface area contributed by atoms with Crippen LogP contribution in [0.15, 0.2) is 0 Å². The number of thioether (sulfide) groups is 1. The molecule has 0 aliphatic carbocycles. The van der Waals surface area contributed by atoms with Crippen molar-refractivity contribution in [3.63, 3.8) is 0 Å². The summed E-state index contributed by atoms with van der Waals surface area (Å²) in [4.78, 5) is 13.6. The van der Waals surface area contributed by atoms with Gasteiger partial charge in [0.15, 0.2) is 0 Å². The Balaban J connectivity index is 2.07. The van der Waals surface area contributed by atoms with Gasteiger partial charge in [0.2, 0.25) is 5.91 Å². The number of hydrogen-bond donors (Lipinski definition) is 0. The Kier molecular flexibility index (Phi) is 6.03. The molecule has 1 fully saturated rings. The fraction of sp³-hybridized carbons (Fsp3) is 0.900. The largest absolute Gasteiger partial charge is 0.384 e. The predicted molar refractivity (Wildman–Crippen MR) is 59.6 cm³/mol. The van der Waals surface area contributed by atoms with Crippen LogP contribution in [0.25, 0.3) is 0 Å². The molecule has 0 N–H and O–H groups in total. The number of amides is 1. The van der Waals surface area contributed by atoms with E-state index in [2.05, 4.69) is 0 Å². The van der Waals surface area contributed by atoms with Gasteiger partial charge in [0, 0.05) is 26.0 Å². The first-order chi connectivity index (χ1) is 6.84. The van der Waals surface area contributed by atoms with Gasteiger partial charge >= 0.3 is 0 Å². The average Bonchev–Trinajstić information content (AvgIpc) is 2.25. The van der Waals surface area contributed by atoms with E-state index in [0.717, 1.165) is 25.4 Å². The van der Waals surface area contributed by atoms with Gasteiger partial charge in [0.25, 0.3) is 0 Å². The maximum absolute atomic E-state index is 11.6. The summed E-state index contributed by atoms with van der Waals surface area (Å²) >= 11 is 1.66. The minimum absolute atomic E-state index is 0.297. The van der Waals surface area contributed by atoms with Gasteiger partial charge in [-0.25, -0.2) is 0 Å². The van der Waals surface area contributed by atoms with Gasteiger partial charge in [-0.3, -0.25) is 4.79 Å². The number of likely N-dealkylation sites (tertiary alicyclic amines) is 1. The maximum Gasteiger partial charge on any atom is 0.232 e. The fourth-order valence-corrected chi connectivity index (χ4v) is 2.32. The standard InChI is InChI=1S/C10H19NO2S/c1-13-7-8-14-9-10(12)11-5-3-2-4-6-11/h2-9H2,1H3. The van der Waals surface area contributed by atoms with Gasteiger partial charge in [-0.15, -0.1) is 11.8 Å². The molecule has 1 saturated heterocycles. The minimum atomic E-state index is 0.297. The number of nitrogens with zero attached hydrogens (tertiary/aromatic N) is 1. The van der Waals surface area contributed by atoms with E-state index in [4.69, 9.17) is 4.74 Å². The zero-order valence-electron chi connectivity index (χ0n) is 8.83. The summed E-state index contributed by atoms with van der Waals surface area (Å²) in [7, 11) is 1.69. The van der Waals surface area contributed by atoms with E-state index in [-0.39, 0.29) is 0 Å². The Morgan fingerprint density at radius 3 is 2.71 bits per heavy atom. The number of carbonyl (C=O) groups is 1. The van der Waals surface area contributed by atoms with Crippen LogP contribution in [0, 0.1) is 0 Å². The van der Waals surface area contributed by atoms with Gasteiger partial charge in [-0.1, -0.05) is 0 Å². The van der Waals surface area contributed by atoms with Crippen molar-refractivity contribution in [1.82, 2.24) is 4.90 Å². The highest BCUT2D eigenvalue weighted by molar-refractivity contribution is 7.99. The molecular formula is C10H19NO2S. The van der Waals surface area contributed by atoms with Crippen molar-refractivity contribution in [2.24, 2.45) is 0 Å². The van der Waals surface area contributed by atoms with E-state index in [1.807, 2.05) is 4.90 Å². The van der Waals surface area contributed by atoms with Crippen LogP contribution in [0.3, 0.4) is 0 Å². The van der Waals surface area contributed by atoms with Crippen molar-refractivity contribution < 1.29 is 9.53 Å². The molecule has 0 saturated carbocycles. The Labute approximate surface area is 90.2 Å². The maximum atomic E-state index is 11.6. The zero-order chi connectivity index (χ0) is 10.2. The second kappa shape index (κ2) is 7.12. The lowest BCUT2D eigenvalue weighted by molar-refractivity contribution is -0.129. The monoisotopic (exact) mass is 217 g/mol. The molecule has 1 rings (SSSR count). The molecule has 4 heteroatoms. The van der Waals surface area contributed by atoms with Crippen molar-refractivity contribution in [3.8, 4) is 0 Å². The van der Waals surface area contributed by atoms with Crippen LogP contribution in [-0.2, 0) is 9.53 Å². The number of ether oxygens (including phenoxy) is 1. The average molecular weight is 217 g/mol. The molecule has 3 nitrogen and oxygen atoms in total. The van der Waals surface area contributed by atoms with E-state index in [1.165, 1.54) is 19.3 Å². The number of methoxy groups -OCH3 is 1. The fourth-order valence-electron chi connectivity index (χ4n) is 1.54. The van der Waals surface area contributed by atoms with Crippen LogP contribution in [0.5, 0.6) is 0 Å². The summed E-state index contributed by atoms with van der Waals surface area (Å²) in [6, 6.07) is 0. The van der Waals surface area contributed by atoms with Gasteiger partial charge in [-0.2, -0.15) is 0 Å². The first kappa shape index (κ1) is 11.9. The SMILES string of the molecule is COCCSCC(=O)N1CCCCC1. The highest BCUT2D eigenvalue weighted by Gasteiger charge is 2.15. The Morgan fingerprint density at radius 1 is 1.36 bits per heavy atom. The molecule has 1 amide bonds. The van der Waals surface area contributed by atoms with E-state index in [1.54, 1.807) is 18.9 Å². The lowest BCUT2D eigenvalue weighted by Crippen LogP contribution is -2.36. The van der Waals surface area contributed by atoms with Gasteiger partial charge in [0.05, 0.1) is 12.4 Å². The molecule has 0 atom stereocenters. The number of rotatable bonds is 5. The smallest absolute Gasteiger partial charge is 0.232 e. The number of carbonyl (C=O) groups excluding carboxylic acids is 1. The molecule has 0 aromatic rings. The second-order valence-corrected chi connectivity index (χ2v) is 4.59. The van der Waals surface area contributed by atoms with Crippen LogP contribution in [0.1, 0.15) is 19.3 Å². The topological polar surface area (TPSA) is 29.5 Å². The van der Waals surface area contributed by atoms with Crippen molar-refractivity contribution in [2.45, 2.75) is 19.3 Å². The molecule has 0 spiro atoms. The van der Waals surface area contributed by atoms with Gasteiger partial charge < -0.3 is 9.64 Å². The number of piperidine rings is 1. The van der Waals surface area contributed by atoms with Gasteiger partial charge in [-0.05, 0) is 19.3 Å². The summed E-state index contributed by atoms with van der Waals surface area (Å²) in [5.74, 6) is 1.82. The highest BCUT2D eigenvalue weighted by Crippen LogP contribution is 2.11. The van der Waals surface area contributed by atoms with E-state index >= 15 is 0 Å². The molecule has 0 radical (unpaired) electrons. The molecule has 0 unspecified atom stereocenters. The molecule has 0 aromatic heterocycles. The molecule has 1 aliphatic heterocycles. The van der Waals surface area contributed by atoms with Crippen molar-refractivity contribution in [3.05, 3.63) is 0 Å². The summed E-state index contributed by atoms with van der Waals surface area (Å²) in [6.45, 7) is 2.66. The van der Waals surface area contributed by atoms with Crippen molar-refractivity contribution >= 4 is 17.7 Å². The molecule has 1 aliphatic rings. The Hall–Kier alpha value is -0.220. The van der Waals surface area contributed by atoms with Crippen LogP contribution in [0.2, 0.25) is 0 Å². The first-order valence-electron chi connectivity index (χ1n) is 5.19. The molecule has 0 bridgehead atoms. The van der Waals surface area contributed by atoms with E-state index in [9.17, 15) is 4.79 Å².